The van der Waals surface area contributed by atoms with E-state index in [1.807, 2.05) is 56.4 Å². The number of nitrogens with one attached hydrogen (secondary N) is 1. The van der Waals surface area contributed by atoms with Gasteiger partial charge in [0.25, 0.3) is 16.0 Å². The summed E-state index contributed by atoms with van der Waals surface area (Å²) in [6.45, 7) is 5.32. The largest absolute Gasteiger partial charge is 0.493 e. The number of carbonyl (C=O) groups is 2. The molecule has 2 N–H and O–H groups in total. The quantitative estimate of drug-likeness (QED) is 0.158. The molecule has 242 valence electrons. The number of aromatic nitrogens is 2. The Hall–Kier alpha value is -4.39. The second-order valence-electron chi connectivity index (χ2n) is 10.9. The molecule has 0 radical (unpaired) electrons. The number of para-hydroxylation sites is 1. The van der Waals surface area contributed by atoms with Crippen LogP contribution in [0.4, 0.5) is 5.69 Å². The SMILES string of the molecule is Cc1cccc(OCCCC(=O)N2CCOc3c(-c4cnn(Cc5cccc(C(=O)NCCS(=O)(=O)O)c5Cl)c4)cccc32)c1C. The lowest BCUT2D eigenvalue weighted by Crippen LogP contribution is -2.38. The first kappa shape index (κ1) is 33.0. The van der Waals surface area contributed by atoms with Gasteiger partial charge in [0.15, 0.2) is 5.75 Å². The minimum atomic E-state index is -4.20. The van der Waals surface area contributed by atoms with Crippen LogP contribution in [0.25, 0.3) is 11.1 Å². The number of rotatable bonds is 12. The van der Waals surface area contributed by atoms with Crippen molar-refractivity contribution in [2.75, 3.05) is 37.0 Å². The Bertz CT molecular complexity index is 1860. The fourth-order valence-corrected chi connectivity index (χ4v) is 5.82. The first-order valence-electron chi connectivity index (χ1n) is 14.8. The number of amides is 2. The molecule has 0 atom stereocenters. The van der Waals surface area contributed by atoms with E-state index in [2.05, 4.69) is 10.4 Å². The molecular formula is C33H35ClN4O7S. The second kappa shape index (κ2) is 14.4. The van der Waals surface area contributed by atoms with Crippen molar-refractivity contribution in [2.45, 2.75) is 33.2 Å². The first-order chi connectivity index (χ1) is 22.0. The monoisotopic (exact) mass is 666 g/mol. The summed E-state index contributed by atoms with van der Waals surface area (Å²) < 4.78 is 44.5. The zero-order valence-electron chi connectivity index (χ0n) is 25.5. The molecule has 3 aromatic carbocycles. The Morgan fingerprint density at radius 2 is 1.89 bits per heavy atom. The molecule has 5 rings (SSSR count). The predicted molar refractivity (Wildman–Crippen MR) is 175 cm³/mol. The van der Waals surface area contributed by atoms with Crippen molar-refractivity contribution in [1.82, 2.24) is 15.1 Å². The van der Waals surface area contributed by atoms with Crippen molar-refractivity contribution in [3.63, 3.8) is 0 Å². The molecule has 1 aliphatic heterocycles. The van der Waals surface area contributed by atoms with Gasteiger partial charge >= 0.3 is 0 Å². The normalized spacial score (nSPS) is 12.7. The van der Waals surface area contributed by atoms with Crippen molar-refractivity contribution in [2.24, 2.45) is 0 Å². The van der Waals surface area contributed by atoms with Gasteiger partial charge in [-0.25, -0.2) is 0 Å². The molecule has 0 aliphatic carbocycles. The highest BCUT2D eigenvalue weighted by Gasteiger charge is 2.26. The summed E-state index contributed by atoms with van der Waals surface area (Å²) in [7, 11) is -4.20. The van der Waals surface area contributed by atoms with Crippen LogP contribution in [0, 0.1) is 13.8 Å². The van der Waals surface area contributed by atoms with Gasteiger partial charge in [-0.1, -0.05) is 48.0 Å². The molecular weight excluding hydrogens is 632 g/mol. The third-order valence-corrected chi connectivity index (χ3v) is 8.91. The van der Waals surface area contributed by atoms with E-state index in [1.165, 1.54) is 6.07 Å². The number of hydrogen-bond acceptors (Lipinski definition) is 7. The molecule has 13 heteroatoms. The molecule has 0 fully saturated rings. The number of nitrogens with zero attached hydrogens (tertiary/aromatic N) is 3. The molecule has 1 aromatic heterocycles. The van der Waals surface area contributed by atoms with Crippen LogP contribution in [-0.2, 0) is 21.5 Å². The Balaban J connectivity index is 1.24. The molecule has 4 aromatic rings. The topological polar surface area (TPSA) is 140 Å². The maximum Gasteiger partial charge on any atom is 0.266 e. The van der Waals surface area contributed by atoms with Gasteiger partial charge in [0.05, 0.1) is 47.9 Å². The van der Waals surface area contributed by atoms with Gasteiger partial charge < -0.3 is 19.7 Å². The van der Waals surface area contributed by atoms with Crippen LogP contribution >= 0.6 is 11.6 Å². The standard InChI is InChI=1S/C33H35ClN4O7S/c1-22-7-3-12-29(23(22)2)44-16-6-13-30(39)38-15-17-45-32-26(9-5-11-28(32)38)25-19-36-37(21-25)20-24-8-4-10-27(31(24)34)33(40)35-14-18-46(41,42)43/h3-5,7-12,19,21H,6,13-18,20H2,1-2H3,(H,35,40)(H,41,42,43). The Kier molecular flexibility index (Phi) is 10.3. The minimum absolute atomic E-state index is 0.00138. The van der Waals surface area contributed by atoms with Crippen LogP contribution < -0.4 is 19.7 Å². The van der Waals surface area contributed by atoms with Crippen molar-refractivity contribution >= 4 is 39.2 Å². The molecule has 0 saturated heterocycles. The number of carbonyl (C=O) groups excluding carboxylic acids is 2. The van der Waals surface area contributed by atoms with Crippen LogP contribution in [0.5, 0.6) is 11.5 Å². The molecule has 2 heterocycles. The summed E-state index contributed by atoms with van der Waals surface area (Å²) in [5, 5.41) is 7.13. The summed E-state index contributed by atoms with van der Waals surface area (Å²) in [4.78, 5) is 27.6. The number of hydrogen-bond donors (Lipinski definition) is 2. The van der Waals surface area contributed by atoms with Crippen molar-refractivity contribution < 1.29 is 32.0 Å². The van der Waals surface area contributed by atoms with Gasteiger partial charge in [-0.05, 0) is 55.2 Å². The third kappa shape index (κ3) is 7.87. The summed E-state index contributed by atoms with van der Waals surface area (Å²) in [5.74, 6) is 0.281. The highest BCUT2D eigenvalue weighted by molar-refractivity contribution is 7.85. The number of benzene rings is 3. The molecule has 11 nitrogen and oxygen atoms in total. The lowest BCUT2D eigenvalue weighted by Gasteiger charge is -2.31. The molecule has 0 saturated carbocycles. The fraction of sp³-hybridized carbons (Fsp3) is 0.303. The van der Waals surface area contributed by atoms with E-state index in [-0.39, 0.29) is 29.6 Å². The Labute approximate surface area is 272 Å². The maximum absolute atomic E-state index is 13.3. The number of anilines is 1. The van der Waals surface area contributed by atoms with E-state index in [0.29, 0.717) is 49.6 Å². The summed E-state index contributed by atoms with van der Waals surface area (Å²) in [6, 6.07) is 16.6. The number of fused-ring (bicyclic) bond motifs is 1. The lowest BCUT2D eigenvalue weighted by atomic mass is 10.1. The van der Waals surface area contributed by atoms with Gasteiger partial charge in [0.1, 0.15) is 12.4 Å². The molecule has 0 unspecified atom stereocenters. The second-order valence-corrected chi connectivity index (χ2v) is 12.9. The highest BCUT2D eigenvalue weighted by Crippen LogP contribution is 2.41. The average Bonchev–Trinajstić information content (AvgIpc) is 3.49. The average molecular weight is 667 g/mol. The molecule has 0 spiro atoms. The number of aryl methyl sites for hydroxylation is 1. The molecule has 1 aliphatic rings. The van der Waals surface area contributed by atoms with E-state index in [4.69, 9.17) is 25.6 Å². The first-order valence-corrected chi connectivity index (χ1v) is 16.8. The van der Waals surface area contributed by atoms with Crippen LogP contribution in [0.1, 0.15) is 39.9 Å². The van der Waals surface area contributed by atoms with Gasteiger partial charge in [-0.2, -0.15) is 13.5 Å². The summed E-state index contributed by atoms with van der Waals surface area (Å²) in [5.41, 5.74) is 5.34. The zero-order chi connectivity index (χ0) is 32.8. The van der Waals surface area contributed by atoms with Crippen LogP contribution in [-0.4, -0.2) is 66.6 Å². The maximum atomic E-state index is 13.3. The Morgan fingerprint density at radius 3 is 2.70 bits per heavy atom. The van der Waals surface area contributed by atoms with E-state index in [0.717, 1.165) is 28.0 Å². The highest BCUT2D eigenvalue weighted by atomic mass is 35.5. The van der Waals surface area contributed by atoms with Crippen molar-refractivity contribution in [3.05, 3.63) is 94.3 Å². The summed E-state index contributed by atoms with van der Waals surface area (Å²) >= 11 is 6.54. The fourth-order valence-electron chi connectivity index (χ4n) is 5.19. The predicted octanol–water partition coefficient (Wildman–Crippen LogP) is 5.07. The smallest absolute Gasteiger partial charge is 0.266 e. The van der Waals surface area contributed by atoms with Crippen molar-refractivity contribution in [3.8, 4) is 22.6 Å². The summed E-state index contributed by atoms with van der Waals surface area (Å²) in [6.07, 6.45) is 4.45. The third-order valence-electron chi connectivity index (χ3n) is 7.74. The van der Waals surface area contributed by atoms with Gasteiger partial charge in [0.2, 0.25) is 5.91 Å². The Morgan fingerprint density at radius 1 is 1.11 bits per heavy atom. The number of ether oxygens (including phenoxy) is 2. The van der Waals surface area contributed by atoms with E-state index in [1.54, 1.807) is 27.9 Å². The van der Waals surface area contributed by atoms with Crippen LogP contribution in [0.3, 0.4) is 0 Å². The minimum Gasteiger partial charge on any atom is -0.493 e. The van der Waals surface area contributed by atoms with Gasteiger partial charge in [0, 0.05) is 30.3 Å². The van der Waals surface area contributed by atoms with Gasteiger partial charge in [-0.3, -0.25) is 18.8 Å². The van der Waals surface area contributed by atoms with Crippen molar-refractivity contribution in [1.29, 1.82) is 0 Å². The van der Waals surface area contributed by atoms with Crippen LogP contribution in [0.2, 0.25) is 5.02 Å². The van der Waals surface area contributed by atoms with Crippen LogP contribution in [0.15, 0.2) is 67.0 Å². The lowest BCUT2D eigenvalue weighted by molar-refractivity contribution is -0.119. The number of halogens is 1. The molecule has 2 amide bonds. The molecule has 46 heavy (non-hydrogen) atoms. The zero-order valence-corrected chi connectivity index (χ0v) is 27.1. The van der Waals surface area contributed by atoms with E-state index < -0.39 is 21.8 Å². The van der Waals surface area contributed by atoms with Gasteiger partial charge in [-0.15, -0.1) is 0 Å². The van der Waals surface area contributed by atoms with E-state index >= 15 is 0 Å². The molecule has 0 bridgehead atoms. The van der Waals surface area contributed by atoms with E-state index in [9.17, 15) is 18.0 Å².